The standard InChI is InChI=1S/C30H38ClN3O6/c1-15-9-16(2)32-25(35)22(15)34(8)26(36)20-10-21(31)24-23(17(20)3)38-29(7,39-24)18-11-30(12-18)13-19(14-30)33-27(37)40-28(4,5)6/h9-10,18-19H,11-14H2,1-8H3,(H,32,35)(H,33,37). The summed E-state index contributed by atoms with van der Waals surface area (Å²) >= 11 is 6.63. The summed E-state index contributed by atoms with van der Waals surface area (Å²) in [4.78, 5) is 42.4. The molecule has 1 unspecified atom stereocenters. The summed E-state index contributed by atoms with van der Waals surface area (Å²) in [7, 11) is 1.58. The SMILES string of the molecule is Cc1cc(C)c(N(C)C(=O)c2cc(Cl)c3c(c2C)OC(C)(C2CC4(CC(NC(=O)OC(C)(C)C)C4)C2)O3)c(=O)[nH]1. The Kier molecular flexibility index (Phi) is 6.68. The van der Waals surface area contributed by atoms with Crippen LogP contribution in [0.15, 0.2) is 16.9 Å². The van der Waals surface area contributed by atoms with Gasteiger partial charge in [0.1, 0.15) is 11.3 Å². The Balaban J connectivity index is 1.27. The molecule has 1 aliphatic heterocycles. The van der Waals surface area contributed by atoms with Crippen LogP contribution in [0.25, 0.3) is 0 Å². The highest BCUT2D eigenvalue weighted by Gasteiger charge is 2.61. The minimum absolute atomic E-state index is 0.109. The van der Waals surface area contributed by atoms with Crippen molar-refractivity contribution in [2.45, 2.75) is 91.6 Å². The zero-order valence-corrected chi connectivity index (χ0v) is 25.2. The molecule has 2 aromatic rings. The van der Waals surface area contributed by atoms with Crippen molar-refractivity contribution >= 4 is 29.3 Å². The molecular formula is C30H38ClN3O6. The van der Waals surface area contributed by atoms with Gasteiger partial charge in [-0.25, -0.2) is 4.79 Å². The fourth-order valence-electron chi connectivity index (χ4n) is 6.53. The summed E-state index contributed by atoms with van der Waals surface area (Å²) in [5.74, 6) is -0.250. The van der Waals surface area contributed by atoms with Gasteiger partial charge in [0.15, 0.2) is 11.5 Å². The van der Waals surface area contributed by atoms with Crippen molar-refractivity contribution in [1.29, 1.82) is 0 Å². The molecule has 5 rings (SSSR count). The van der Waals surface area contributed by atoms with Crippen LogP contribution in [0.3, 0.4) is 0 Å². The second-order valence-corrected chi connectivity index (χ2v) is 13.4. The van der Waals surface area contributed by atoms with E-state index in [-0.39, 0.29) is 45.6 Å². The Morgan fingerprint density at radius 1 is 1.10 bits per heavy atom. The van der Waals surface area contributed by atoms with Gasteiger partial charge < -0.3 is 29.4 Å². The largest absolute Gasteiger partial charge is 0.448 e. The van der Waals surface area contributed by atoms with E-state index in [4.69, 9.17) is 25.8 Å². The fraction of sp³-hybridized carbons (Fsp3) is 0.567. The third-order valence-electron chi connectivity index (χ3n) is 8.43. The first-order valence-corrected chi connectivity index (χ1v) is 14.1. The van der Waals surface area contributed by atoms with Crippen LogP contribution in [0, 0.1) is 32.1 Å². The van der Waals surface area contributed by atoms with Gasteiger partial charge >= 0.3 is 6.09 Å². The van der Waals surface area contributed by atoms with Crippen LogP contribution >= 0.6 is 11.6 Å². The number of aromatic nitrogens is 1. The molecule has 1 spiro atoms. The van der Waals surface area contributed by atoms with Crippen LogP contribution < -0.4 is 25.2 Å². The molecular weight excluding hydrogens is 534 g/mol. The van der Waals surface area contributed by atoms with Gasteiger partial charge in [-0.15, -0.1) is 0 Å². The zero-order chi connectivity index (χ0) is 29.4. The number of halogens is 1. The maximum atomic E-state index is 13.6. The van der Waals surface area contributed by atoms with Crippen molar-refractivity contribution in [3.05, 3.63) is 49.9 Å². The Morgan fingerprint density at radius 3 is 2.33 bits per heavy atom. The summed E-state index contributed by atoms with van der Waals surface area (Å²) in [5, 5.41) is 3.25. The van der Waals surface area contributed by atoms with E-state index >= 15 is 0 Å². The average Bonchev–Trinajstić information content (AvgIpc) is 3.13. The molecule has 0 bridgehead atoms. The molecule has 2 fully saturated rings. The first-order valence-electron chi connectivity index (χ1n) is 13.7. The quantitative estimate of drug-likeness (QED) is 0.480. The number of amides is 2. The lowest BCUT2D eigenvalue weighted by Crippen LogP contribution is -2.61. The van der Waals surface area contributed by atoms with E-state index in [1.165, 1.54) is 4.90 Å². The minimum Gasteiger partial charge on any atom is -0.448 e. The highest BCUT2D eigenvalue weighted by molar-refractivity contribution is 6.33. The van der Waals surface area contributed by atoms with Gasteiger partial charge in [0, 0.05) is 42.8 Å². The van der Waals surface area contributed by atoms with Crippen LogP contribution in [-0.4, -0.2) is 41.5 Å². The summed E-state index contributed by atoms with van der Waals surface area (Å²) in [6.07, 6.45) is 3.23. The number of hydrogen-bond donors (Lipinski definition) is 2. The number of pyridine rings is 1. The number of aryl methyl sites for hydroxylation is 2. The molecule has 1 atom stereocenters. The van der Waals surface area contributed by atoms with E-state index in [1.807, 2.05) is 33.8 Å². The number of aromatic amines is 1. The van der Waals surface area contributed by atoms with Crippen molar-refractivity contribution in [3.8, 4) is 11.5 Å². The van der Waals surface area contributed by atoms with E-state index in [2.05, 4.69) is 10.3 Å². The van der Waals surface area contributed by atoms with Crippen molar-refractivity contribution in [2.75, 3.05) is 11.9 Å². The van der Waals surface area contributed by atoms with Gasteiger partial charge in [0.2, 0.25) is 0 Å². The molecule has 0 radical (unpaired) electrons. The number of H-pyrrole nitrogens is 1. The normalized spacial score (nSPS) is 26.6. The summed E-state index contributed by atoms with van der Waals surface area (Å²) in [6, 6.07) is 3.52. The van der Waals surface area contributed by atoms with Gasteiger partial charge in [-0.2, -0.15) is 0 Å². The Bertz CT molecular complexity index is 1450. The number of nitrogens with zero attached hydrogens (tertiary/aromatic N) is 1. The number of benzene rings is 1. The number of alkyl carbamates (subject to hydrolysis) is 1. The maximum Gasteiger partial charge on any atom is 0.407 e. The van der Waals surface area contributed by atoms with Crippen molar-refractivity contribution < 1.29 is 23.8 Å². The highest BCUT2D eigenvalue weighted by Crippen LogP contribution is 2.63. The first kappa shape index (κ1) is 28.3. The van der Waals surface area contributed by atoms with Gasteiger partial charge in [-0.05, 0) is 90.3 Å². The Hall–Kier alpha value is -3.20. The number of nitrogens with one attached hydrogen (secondary N) is 2. The average molecular weight is 572 g/mol. The van der Waals surface area contributed by atoms with Crippen molar-refractivity contribution in [3.63, 3.8) is 0 Å². The van der Waals surface area contributed by atoms with Gasteiger partial charge in [-0.3, -0.25) is 9.59 Å². The monoisotopic (exact) mass is 571 g/mol. The fourth-order valence-corrected chi connectivity index (χ4v) is 6.77. The molecule has 1 aromatic carbocycles. The maximum absolute atomic E-state index is 13.6. The molecule has 216 valence electrons. The van der Waals surface area contributed by atoms with Gasteiger partial charge in [0.05, 0.1) is 5.02 Å². The Morgan fingerprint density at radius 2 is 1.73 bits per heavy atom. The van der Waals surface area contributed by atoms with Gasteiger partial charge in [-0.1, -0.05) is 11.6 Å². The molecule has 2 aliphatic carbocycles. The van der Waals surface area contributed by atoms with Crippen molar-refractivity contribution in [2.24, 2.45) is 11.3 Å². The number of ether oxygens (including phenoxy) is 3. The van der Waals surface area contributed by atoms with Crippen LogP contribution in [0.5, 0.6) is 11.5 Å². The summed E-state index contributed by atoms with van der Waals surface area (Å²) in [5.41, 5.74) is 1.98. The zero-order valence-electron chi connectivity index (χ0n) is 24.4. The molecule has 0 saturated heterocycles. The predicted molar refractivity (Wildman–Crippen MR) is 153 cm³/mol. The van der Waals surface area contributed by atoms with Crippen LogP contribution in [0.1, 0.15) is 80.6 Å². The third kappa shape index (κ3) is 4.93. The number of carbonyl (C=O) groups is 2. The second kappa shape index (κ2) is 9.43. The number of anilines is 1. The first-order chi connectivity index (χ1) is 18.5. The predicted octanol–water partition coefficient (Wildman–Crippen LogP) is 5.80. The van der Waals surface area contributed by atoms with E-state index < -0.39 is 11.4 Å². The molecule has 9 nitrogen and oxygen atoms in total. The molecule has 10 heteroatoms. The number of hydrogen-bond acceptors (Lipinski definition) is 6. The van der Waals surface area contributed by atoms with Gasteiger partial charge in [0.25, 0.3) is 17.3 Å². The molecule has 2 amide bonds. The molecule has 1 aromatic heterocycles. The lowest BCUT2D eigenvalue weighted by molar-refractivity contribution is -0.191. The molecule has 2 N–H and O–H groups in total. The summed E-state index contributed by atoms with van der Waals surface area (Å²) < 4.78 is 18.1. The number of rotatable bonds is 4. The van der Waals surface area contributed by atoms with E-state index in [1.54, 1.807) is 33.9 Å². The van der Waals surface area contributed by atoms with Crippen LogP contribution in [-0.2, 0) is 4.74 Å². The molecule has 2 heterocycles. The topological polar surface area (TPSA) is 110 Å². The van der Waals surface area contributed by atoms with E-state index in [0.717, 1.165) is 31.4 Å². The third-order valence-corrected chi connectivity index (χ3v) is 8.71. The van der Waals surface area contributed by atoms with Crippen LogP contribution in [0.4, 0.5) is 10.5 Å². The highest BCUT2D eigenvalue weighted by atomic mass is 35.5. The van der Waals surface area contributed by atoms with Crippen molar-refractivity contribution in [1.82, 2.24) is 10.3 Å². The Labute approximate surface area is 239 Å². The molecule has 40 heavy (non-hydrogen) atoms. The van der Waals surface area contributed by atoms with Crippen LogP contribution in [0.2, 0.25) is 5.02 Å². The minimum atomic E-state index is -0.913. The lowest BCUT2D eigenvalue weighted by atomic mass is 9.48. The summed E-state index contributed by atoms with van der Waals surface area (Å²) in [6.45, 7) is 12.9. The number of fused-ring (bicyclic) bond motifs is 1. The smallest absolute Gasteiger partial charge is 0.407 e. The van der Waals surface area contributed by atoms with E-state index in [9.17, 15) is 14.4 Å². The van der Waals surface area contributed by atoms with E-state index in [0.29, 0.717) is 28.2 Å². The molecule has 2 saturated carbocycles. The molecule has 3 aliphatic rings. The number of carbonyl (C=O) groups excluding carboxylic acids is 2. The lowest BCUT2D eigenvalue weighted by Gasteiger charge is -2.59. The second-order valence-electron chi connectivity index (χ2n) is 12.9.